The molecule has 4 nitrogen and oxygen atoms in total. The largest absolute Gasteiger partial charge is 0.298 e. The number of hydrogen-bond acceptors (Lipinski definition) is 3. The number of hydrogen-bond donors (Lipinski definition) is 1. The van der Waals surface area contributed by atoms with E-state index in [4.69, 9.17) is 16.7 Å². The van der Waals surface area contributed by atoms with Crippen LogP contribution < -0.4 is 5.14 Å². The van der Waals surface area contributed by atoms with Crippen LogP contribution in [0.2, 0.25) is 5.02 Å². The van der Waals surface area contributed by atoms with Crippen LogP contribution in [0.15, 0.2) is 18.2 Å². The van der Waals surface area contributed by atoms with Gasteiger partial charge in [-0.1, -0.05) is 23.7 Å². The highest BCUT2D eigenvalue weighted by atomic mass is 35.5. The third-order valence-electron chi connectivity index (χ3n) is 1.57. The molecule has 0 unspecified atom stereocenters. The molecule has 0 saturated heterocycles. The zero-order valence-corrected chi connectivity index (χ0v) is 8.68. The fourth-order valence-corrected chi connectivity index (χ4v) is 1.99. The van der Waals surface area contributed by atoms with E-state index in [2.05, 4.69) is 0 Å². The third kappa shape index (κ3) is 3.10. The maximum absolute atomic E-state index is 10.8. The third-order valence-corrected chi connectivity index (χ3v) is 2.64. The highest BCUT2D eigenvalue weighted by molar-refractivity contribution is 7.88. The van der Waals surface area contributed by atoms with E-state index >= 15 is 0 Å². The molecular formula is C8H8ClNO3S. The monoisotopic (exact) mass is 233 g/mol. The maximum Gasteiger partial charge on any atom is 0.213 e. The zero-order valence-electron chi connectivity index (χ0n) is 7.10. The molecule has 14 heavy (non-hydrogen) atoms. The van der Waals surface area contributed by atoms with Crippen LogP contribution in [-0.4, -0.2) is 14.7 Å². The Morgan fingerprint density at radius 3 is 2.50 bits per heavy atom. The second kappa shape index (κ2) is 4.08. The standard InChI is InChI=1S/C8H8ClNO3S/c9-8-3-6(4-11)1-2-7(8)5-14(10,12)13/h1-4H,5H2,(H2,10,12,13). The Balaban J connectivity index is 3.07. The van der Waals surface area contributed by atoms with E-state index in [0.717, 1.165) is 0 Å². The van der Waals surface area contributed by atoms with Gasteiger partial charge >= 0.3 is 0 Å². The highest BCUT2D eigenvalue weighted by Crippen LogP contribution is 2.18. The van der Waals surface area contributed by atoms with Gasteiger partial charge in [0.2, 0.25) is 10.0 Å². The summed E-state index contributed by atoms with van der Waals surface area (Å²) in [5.74, 6) is -0.328. The second-order valence-electron chi connectivity index (χ2n) is 2.78. The lowest BCUT2D eigenvalue weighted by atomic mass is 10.2. The lowest BCUT2D eigenvalue weighted by Gasteiger charge is -2.02. The number of carbonyl (C=O) groups is 1. The van der Waals surface area contributed by atoms with Crippen molar-refractivity contribution in [3.05, 3.63) is 34.3 Å². The van der Waals surface area contributed by atoms with Gasteiger partial charge in [-0.15, -0.1) is 0 Å². The molecule has 1 aromatic rings. The maximum atomic E-state index is 10.8. The molecule has 2 N–H and O–H groups in total. The number of benzene rings is 1. The summed E-state index contributed by atoms with van der Waals surface area (Å²) in [6, 6.07) is 4.35. The van der Waals surface area contributed by atoms with Crippen molar-refractivity contribution in [2.75, 3.05) is 0 Å². The van der Waals surface area contributed by atoms with Gasteiger partial charge in [0.15, 0.2) is 0 Å². The molecule has 0 radical (unpaired) electrons. The minimum atomic E-state index is -3.59. The summed E-state index contributed by atoms with van der Waals surface area (Å²) in [6.07, 6.45) is 0.632. The fraction of sp³-hybridized carbons (Fsp3) is 0.125. The molecule has 1 rings (SSSR count). The zero-order chi connectivity index (χ0) is 10.8. The van der Waals surface area contributed by atoms with Gasteiger partial charge < -0.3 is 0 Å². The van der Waals surface area contributed by atoms with Gasteiger partial charge in [-0.3, -0.25) is 4.79 Å². The normalized spacial score (nSPS) is 11.3. The summed E-state index contributed by atoms with van der Waals surface area (Å²) in [6.45, 7) is 0. The molecule has 0 bridgehead atoms. The Labute approximate surface area is 86.7 Å². The minimum Gasteiger partial charge on any atom is -0.298 e. The first-order valence-corrected chi connectivity index (χ1v) is 5.76. The first-order valence-electron chi connectivity index (χ1n) is 3.66. The van der Waals surface area contributed by atoms with Crippen LogP contribution in [0.1, 0.15) is 15.9 Å². The van der Waals surface area contributed by atoms with Crippen molar-refractivity contribution < 1.29 is 13.2 Å². The molecule has 1 aromatic carbocycles. The number of nitrogens with two attached hydrogens (primary N) is 1. The van der Waals surface area contributed by atoms with Crippen molar-refractivity contribution >= 4 is 27.9 Å². The summed E-state index contributed by atoms with van der Waals surface area (Å²) in [7, 11) is -3.59. The van der Waals surface area contributed by atoms with Crippen LogP contribution in [0, 0.1) is 0 Å². The number of primary sulfonamides is 1. The number of halogens is 1. The Morgan fingerprint density at radius 2 is 2.07 bits per heavy atom. The average Bonchev–Trinajstić information content (AvgIpc) is 2.06. The van der Waals surface area contributed by atoms with Crippen LogP contribution in [0.4, 0.5) is 0 Å². The summed E-state index contributed by atoms with van der Waals surface area (Å²) in [5, 5.41) is 5.08. The van der Waals surface area contributed by atoms with Crippen molar-refractivity contribution in [2.45, 2.75) is 5.75 Å². The Kier molecular flexibility index (Phi) is 3.25. The molecule has 0 aliphatic heterocycles. The first-order chi connectivity index (χ1) is 6.42. The topological polar surface area (TPSA) is 77.2 Å². The van der Waals surface area contributed by atoms with Gasteiger partial charge in [-0.05, 0) is 11.6 Å². The van der Waals surface area contributed by atoms with E-state index in [1.54, 1.807) is 0 Å². The summed E-state index contributed by atoms with van der Waals surface area (Å²) in [5.41, 5.74) is 0.785. The number of sulfonamides is 1. The lowest BCUT2D eigenvalue weighted by molar-refractivity contribution is 0.112. The van der Waals surface area contributed by atoms with Gasteiger partial charge in [0, 0.05) is 10.6 Å². The SMILES string of the molecule is NS(=O)(=O)Cc1ccc(C=O)cc1Cl. The summed E-state index contributed by atoms with van der Waals surface area (Å²) >= 11 is 5.74. The second-order valence-corrected chi connectivity index (χ2v) is 4.80. The van der Waals surface area contributed by atoms with Crippen molar-refractivity contribution in [1.82, 2.24) is 0 Å². The van der Waals surface area contributed by atoms with E-state index in [1.165, 1.54) is 18.2 Å². The van der Waals surface area contributed by atoms with Crippen LogP contribution in [0.3, 0.4) is 0 Å². The van der Waals surface area contributed by atoms with Crippen molar-refractivity contribution in [2.24, 2.45) is 5.14 Å². The van der Waals surface area contributed by atoms with Crippen LogP contribution in [0.25, 0.3) is 0 Å². The first kappa shape index (κ1) is 11.2. The van der Waals surface area contributed by atoms with Gasteiger partial charge in [0.1, 0.15) is 6.29 Å². The highest BCUT2D eigenvalue weighted by Gasteiger charge is 2.08. The van der Waals surface area contributed by atoms with Gasteiger partial charge in [0.05, 0.1) is 5.75 Å². The van der Waals surface area contributed by atoms with Gasteiger partial charge in [0.25, 0.3) is 0 Å². The lowest BCUT2D eigenvalue weighted by Crippen LogP contribution is -2.14. The molecule has 0 atom stereocenters. The molecule has 0 aromatic heterocycles. The van der Waals surface area contributed by atoms with Crippen molar-refractivity contribution in [1.29, 1.82) is 0 Å². The molecule has 0 heterocycles. The fourth-order valence-electron chi connectivity index (χ4n) is 0.971. The molecule has 0 spiro atoms. The number of rotatable bonds is 3. The molecule has 0 fully saturated rings. The van der Waals surface area contributed by atoms with E-state index in [9.17, 15) is 13.2 Å². The van der Waals surface area contributed by atoms with E-state index in [-0.39, 0.29) is 10.8 Å². The van der Waals surface area contributed by atoms with Crippen molar-refractivity contribution in [3.8, 4) is 0 Å². The number of carbonyl (C=O) groups excluding carboxylic acids is 1. The molecule has 0 amide bonds. The average molecular weight is 234 g/mol. The smallest absolute Gasteiger partial charge is 0.213 e. The molecule has 6 heteroatoms. The predicted octanol–water partition coefficient (Wildman–Crippen LogP) is 0.941. The van der Waals surface area contributed by atoms with E-state index in [1.807, 2.05) is 0 Å². The summed E-state index contributed by atoms with van der Waals surface area (Å²) < 4.78 is 21.5. The van der Waals surface area contributed by atoms with Gasteiger partial charge in [-0.25, -0.2) is 13.6 Å². The predicted molar refractivity (Wildman–Crippen MR) is 53.7 cm³/mol. The van der Waals surface area contributed by atoms with Gasteiger partial charge in [-0.2, -0.15) is 0 Å². The number of aldehydes is 1. The molecular weight excluding hydrogens is 226 g/mol. The van der Waals surface area contributed by atoms with Crippen LogP contribution >= 0.6 is 11.6 Å². The molecule has 0 aliphatic rings. The molecule has 0 aliphatic carbocycles. The Bertz CT molecular complexity index is 456. The Hall–Kier alpha value is -0.910. The Morgan fingerprint density at radius 1 is 1.43 bits per heavy atom. The quantitative estimate of drug-likeness (QED) is 0.790. The van der Waals surface area contributed by atoms with Crippen molar-refractivity contribution in [3.63, 3.8) is 0 Å². The van der Waals surface area contributed by atoms with Crippen LogP contribution in [-0.2, 0) is 15.8 Å². The molecule has 76 valence electrons. The van der Waals surface area contributed by atoms with E-state index in [0.29, 0.717) is 17.4 Å². The summed E-state index contributed by atoms with van der Waals surface area (Å²) in [4.78, 5) is 10.4. The minimum absolute atomic E-state index is 0.226. The van der Waals surface area contributed by atoms with E-state index < -0.39 is 10.0 Å². The molecule has 0 saturated carbocycles. The van der Waals surface area contributed by atoms with Crippen LogP contribution in [0.5, 0.6) is 0 Å².